The molecule has 0 spiro atoms. The van der Waals surface area contributed by atoms with E-state index in [1.807, 2.05) is 12.1 Å². The molecule has 2 heterocycles. The minimum absolute atomic E-state index is 0.00103. The van der Waals surface area contributed by atoms with Crippen LogP contribution < -0.4 is 0 Å². The van der Waals surface area contributed by atoms with Crippen molar-refractivity contribution in [3.63, 3.8) is 0 Å². The number of rotatable bonds is 3. The summed E-state index contributed by atoms with van der Waals surface area (Å²) in [6.45, 7) is 14.1. The first kappa shape index (κ1) is 20.8. The van der Waals surface area contributed by atoms with Crippen molar-refractivity contribution in [1.29, 1.82) is 0 Å². The van der Waals surface area contributed by atoms with Gasteiger partial charge in [-0.15, -0.1) is 0 Å². The maximum Gasteiger partial charge on any atom is 0.159 e. The average Bonchev–Trinajstić information content (AvgIpc) is 2.93. The standard InChI is InChI=1S/C29H31N3/c1-7-29(6)25-22(27(2,3)28(29,4)5)18-30-26(32-25)21-13-10-12-20(17-21)24-16-15-19-11-8-9-14-23(19)31-24/h8-18H,7H2,1-6H3. The van der Waals surface area contributed by atoms with Crippen molar-refractivity contribution < 1.29 is 0 Å². The van der Waals surface area contributed by atoms with E-state index in [0.29, 0.717) is 0 Å². The van der Waals surface area contributed by atoms with Gasteiger partial charge in [0.15, 0.2) is 5.82 Å². The third-order valence-electron chi connectivity index (χ3n) is 8.65. The monoisotopic (exact) mass is 421 g/mol. The normalized spacial score (nSPS) is 20.9. The molecule has 0 fully saturated rings. The Hall–Kier alpha value is -3.07. The zero-order chi connectivity index (χ0) is 22.7. The number of fused-ring (bicyclic) bond motifs is 2. The summed E-state index contributed by atoms with van der Waals surface area (Å²) < 4.78 is 0. The Morgan fingerprint density at radius 2 is 1.53 bits per heavy atom. The molecule has 0 N–H and O–H groups in total. The summed E-state index contributed by atoms with van der Waals surface area (Å²) in [5.41, 5.74) is 6.67. The molecule has 0 radical (unpaired) electrons. The van der Waals surface area contributed by atoms with Crippen LogP contribution in [-0.2, 0) is 10.8 Å². The van der Waals surface area contributed by atoms with Gasteiger partial charge in [-0.25, -0.2) is 15.0 Å². The van der Waals surface area contributed by atoms with Crippen LogP contribution in [0.5, 0.6) is 0 Å². The Morgan fingerprint density at radius 1 is 0.781 bits per heavy atom. The first-order chi connectivity index (χ1) is 15.2. The van der Waals surface area contributed by atoms with Crippen LogP contribution >= 0.6 is 0 Å². The fourth-order valence-electron chi connectivity index (χ4n) is 5.38. The Kier molecular flexibility index (Phi) is 4.53. The molecule has 0 aliphatic heterocycles. The number of pyridine rings is 1. The highest BCUT2D eigenvalue weighted by Gasteiger charge is 2.59. The van der Waals surface area contributed by atoms with Crippen molar-refractivity contribution in [2.45, 2.75) is 58.8 Å². The van der Waals surface area contributed by atoms with Gasteiger partial charge in [0.05, 0.1) is 16.9 Å². The number of benzene rings is 2. The molecule has 0 saturated carbocycles. The van der Waals surface area contributed by atoms with Crippen LogP contribution in [0.2, 0.25) is 0 Å². The molecular formula is C29H31N3. The second-order valence-electron chi connectivity index (χ2n) is 10.4. The Balaban J connectivity index is 1.61. The van der Waals surface area contributed by atoms with E-state index < -0.39 is 0 Å². The molecule has 162 valence electrons. The van der Waals surface area contributed by atoms with Gasteiger partial charge in [-0.1, -0.05) is 84.0 Å². The highest BCUT2D eigenvalue weighted by atomic mass is 14.9. The molecule has 2 aromatic heterocycles. The van der Waals surface area contributed by atoms with Crippen LogP contribution in [-0.4, -0.2) is 15.0 Å². The second-order valence-corrected chi connectivity index (χ2v) is 10.4. The summed E-state index contributed by atoms with van der Waals surface area (Å²) in [7, 11) is 0. The van der Waals surface area contributed by atoms with Gasteiger partial charge in [-0.2, -0.15) is 0 Å². The van der Waals surface area contributed by atoms with E-state index in [1.165, 1.54) is 11.3 Å². The first-order valence-corrected chi connectivity index (χ1v) is 11.5. The molecule has 1 unspecified atom stereocenters. The lowest BCUT2D eigenvalue weighted by atomic mass is 9.58. The maximum atomic E-state index is 5.19. The van der Waals surface area contributed by atoms with Crippen LogP contribution in [0.4, 0.5) is 0 Å². The van der Waals surface area contributed by atoms with Gasteiger partial charge in [0.1, 0.15) is 0 Å². The van der Waals surface area contributed by atoms with Crippen LogP contribution in [0.3, 0.4) is 0 Å². The molecule has 0 saturated heterocycles. The Bertz CT molecular complexity index is 1340. The van der Waals surface area contributed by atoms with Gasteiger partial charge in [0.2, 0.25) is 0 Å². The smallest absolute Gasteiger partial charge is 0.159 e. The number of nitrogens with zero attached hydrogens (tertiary/aromatic N) is 3. The molecule has 1 aliphatic carbocycles. The lowest BCUT2D eigenvalue weighted by Gasteiger charge is -2.45. The lowest BCUT2D eigenvalue weighted by molar-refractivity contribution is 0.106. The number of para-hydroxylation sites is 1. The van der Waals surface area contributed by atoms with Gasteiger partial charge in [-0.3, -0.25) is 0 Å². The molecule has 3 heteroatoms. The minimum Gasteiger partial charge on any atom is -0.248 e. The van der Waals surface area contributed by atoms with Gasteiger partial charge < -0.3 is 0 Å². The molecule has 5 rings (SSSR count). The fourth-order valence-corrected chi connectivity index (χ4v) is 5.38. The molecule has 4 aromatic rings. The molecule has 3 nitrogen and oxygen atoms in total. The predicted molar refractivity (Wildman–Crippen MR) is 133 cm³/mol. The van der Waals surface area contributed by atoms with Crippen LogP contribution in [0.15, 0.2) is 66.9 Å². The Labute approximate surface area is 191 Å². The van der Waals surface area contributed by atoms with E-state index in [9.17, 15) is 0 Å². The Morgan fingerprint density at radius 3 is 2.31 bits per heavy atom. The van der Waals surface area contributed by atoms with Gasteiger partial charge >= 0.3 is 0 Å². The molecule has 32 heavy (non-hydrogen) atoms. The lowest BCUT2D eigenvalue weighted by Crippen LogP contribution is -2.44. The van der Waals surface area contributed by atoms with E-state index >= 15 is 0 Å². The molecule has 0 bridgehead atoms. The summed E-state index contributed by atoms with van der Waals surface area (Å²) in [4.78, 5) is 14.9. The topological polar surface area (TPSA) is 38.7 Å². The summed E-state index contributed by atoms with van der Waals surface area (Å²) in [6, 6.07) is 20.9. The minimum atomic E-state index is 0.00103. The summed E-state index contributed by atoms with van der Waals surface area (Å²) >= 11 is 0. The number of aromatic nitrogens is 3. The van der Waals surface area contributed by atoms with E-state index in [2.05, 4.69) is 96.3 Å². The van der Waals surface area contributed by atoms with Crippen molar-refractivity contribution in [2.24, 2.45) is 5.41 Å². The van der Waals surface area contributed by atoms with E-state index in [1.54, 1.807) is 0 Å². The molecule has 2 aromatic carbocycles. The average molecular weight is 422 g/mol. The highest BCUT2D eigenvalue weighted by molar-refractivity contribution is 5.82. The SMILES string of the molecule is CCC1(C)c2nc(-c3cccc(-c4ccc5ccccc5n4)c3)ncc2C(C)(C)C1(C)C. The number of hydrogen-bond acceptors (Lipinski definition) is 3. The fraction of sp³-hybridized carbons (Fsp3) is 0.345. The van der Waals surface area contributed by atoms with E-state index in [-0.39, 0.29) is 16.2 Å². The zero-order valence-corrected chi connectivity index (χ0v) is 19.9. The van der Waals surface area contributed by atoms with Gasteiger partial charge in [0.25, 0.3) is 0 Å². The van der Waals surface area contributed by atoms with Crippen molar-refractivity contribution in [3.8, 4) is 22.6 Å². The summed E-state index contributed by atoms with van der Waals surface area (Å²) in [6.07, 6.45) is 3.12. The van der Waals surface area contributed by atoms with Crippen LogP contribution in [0.25, 0.3) is 33.5 Å². The molecule has 1 aliphatic rings. The van der Waals surface area contributed by atoms with Gasteiger partial charge in [0, 0.05) is 28.1 Å². The number of hydrogen-bond donors (Lipinski definition) is 0. The van der Waals surface area contributed by atoms with Crippen LogP contribution in [0, 0.1) is 5.41 Å². The molecule has 1 atom stereocenters. The van der Waals surface area contributed by atoms with Crippen molar-refractivity contribution in [3.05, 3.63) is 78.1 Å². The highest BCUT2D eigenvalue weighted by Crippen LogP contribution is 2.62. The summed E-state index contributed by atoms with van der Waals surface area (Å²) in [5.74, 6) is 0.791. The van der Waals surface area contributed by atoms with Gasteiger partial charge in [-0.05, 0) is 41.0 Å². The quantitative estimate of drug-likeness (QED) is 0.347. The van der Waals surface area contributed by atoms with Crippen LogP contribution in [0.1, 0.15) is 59.2 Å². The second kappa shape index (κ2) is 6.96. The van der Waals surface area contributed by atoms with Crippen molar-refractivity contribution >= 4 is 10.9 Å². The van der Waals surface area contributed by atoms with Crippen molar-refractivity contribution in [2.75, 3.05) is 0 Å². The zero-order valence-electron chi connectivity index (χ0n) is 19.9. The predicted octanol–water partition coefficient (Wildman–Crippen LogP) is 7.34. The van der Waals surface area contributed by atoms with Crippen molar-refractivity contribution in [1.82, 2.24) is 15.0 Å². The van der Waals surface area contributed by atoms with E-state index in [0.717, 1.165) is 40.0 Å². The third kappa shape index (κ3) is 2.76. The third-order valence-corrected chi connectivity index (χ3v) is 8.65. The maximum absolute atomic E-state index is 5.19. The van der Waals surface area contributed by atoms with E-state index in [4.69, 9.17) is 15.0 Å². The largest absolute Gasteiger partial charge is 0.248 e. The molecule has 0 amide bonds. The first-order valence-electron chi connectivity index (χ1n) is 11.5. The summed E-state index contributed by atoms with van der Waals surface area (Å²) in [5, 5.41) is 1.15. The molecular weight excluding hydrogens is 390 g/mol.